The maximum Gasteiger partial charge on any atom is 0.131 e. The molecule has 0 spiro atoms. The maximum atomic E-state index is 10.2. The van der Waals surface area contributed by atoms with Gasteiger partial charge >= 0.3 is 0 Å². The Morgan fingerprint density at radius 3 is 2.15 bits per heavy atom. The highest BCUT2D eigenvalue weighted by atomic mass is 16.5. The molecular formula is C17H22BO2. The first-order valence-electron chi connectivity index (χ1n) is 6.62. The van der Waals surface area contributed by atoms with Crippen LogP contribution in [0.5, 0.6) is 5.75 Å². The van der Waals surface area contributed by atoms with Crippen molar-refractivity contribution in [2.24, 2.45) is 0 Å². The van der Waals surface area contributed by atoms with Crippen molar-refractivity contribution in [2.45, 2.75) is 45.8 Å². The Morgan fingerprint density at radius 2 is 1.55 bits per heavy atom. The normalized spacial score (nSPS) is 12.1. The molecule has 2 aromatic rings. The molecule has 0 aliphatic rings. The van der Waals surface area contributed by atoms with Gasteiger partial charge in [-0.1, -0.05) is 36.4 Å². The molecule has 0 fully saturated rings. The second-order valence-electron chi connectivity index (χ2n) is 6.10. The molecular weight excluding hydrogens is 247 g/mol. The lowest BCUT2D eigenvalue weighted by Gasteiger charge is -2.38. The van der Waals surface area contributed by atoms with Crippen LogP contribution in [-0.2, 0) is 0 Å². The van der Waals surface area contributed by atoms with Crippen LogP contribution in [0.2, 0.25) is 0 Å². The summed E-state index contributed by atoms with van der Waals surface area (Å²) in [6, 6.07) is 12.3. The van der Waals surface area contributed by atoms with Gasteiger partial charge < -0.3 is 9.84 Å². The molecule has 0 amide bonds. The van der Waals surface area contributed by atoms with Crippen molar-refractivity contribution >= 4 is 19.2 Å². The van der Waals surface area contributed by atoms with Gasteiger partial charge in [-0.05, 0) is 45.6 Å². The van der Waals surface area contributed by atoms with Gasteiger partial charge in [-0.15, -0.1) is 0 Å². The van der Waals surface area contributed by atoms with Gasteiger partial charge in [-0.2, -0.15) is 0 Å². The molecule has 20 heavy (non-hydrogen) atoms. The molecule has 0 bridgehead atoms. The number of aliphatic hydroxyl groups is 1. The first-order chi connectivity index (χ1) is 8.72. The van der Waals surface area contributed by atoms with Crippen molar-refractivity contribution in [3.05, 3.63) is 42.0 Å². The number of ether oxygens (including phenoxy) is 1. The third-order valence-corrected chi connectivity index (χ3v) is 3.91. The lowest BCUT2D eigenvalue weighted by molar-refractivity contribution is -0.0902. The Hall–Kier alpha value is -1.48. The molecule has 0 atom stereocenters. The molecule has 3 radical (unpaired) electrons. The zero-order valence-corrected chi connectivity index (χ0v) is 12.9. The molecule has 0 aliphatic heterocycles. The van der Waals surface area contributed by atoms with Gasteiger partial charge in [0.05, 0.1) is 5.60 Å². The Morgan fingerprint density at radius 1 is 0.950 bits per heavy atom. The fourth-order valence-electron chi connectivity index (χ4n) is 1.87. The zero-order chi connectivity index (χ0) is 14.3. The van der Waals surface area contributed by atoms with E-state index in [2.05, 4.69) is 24.3 Å². The Bertz CT molecular complexity index is 597. The molecule has 0 aromatic heterocycles. The number of benzene rings is 2. The van der Waals surface area contributed by atoms with E-state index >= 15 is 0 Å². The summed E-state index contributed by atoms with van der Waals surface area (Å²) < 4.78 is 6.16. The highest BCUT2D eigenvalue weighted by molar-refractivity contribution is 5.89. The van der Waals surface area contributed by atoms with E-state index in [1.807, 2.05) is 32.9 Å². The van der Waals surface area contributed by atoms with E-state index in [1.165, 1.54) is 0 Å². The zero-order valence-electron chi connectivity index (χ0n) is 12.9. The minimum absolute atomic E-state index is 0. The van der Waals surface area contributed by atoms with Gasteiger partial charge in [-0.3, -0.25) is 0 Å². The number of hydrogen-bond donors (Lipinski definition) is 1. The van der Waals surface area contributed by atoms with E-state index in [0.29, 0.717) is 0 Å². The van der Waals surface area contributed by atoms with E-state index in [-0.39, 0.29) is 8.41 Å². The minimum Gasteiger partial charge on any atom is -0.484 e. The topological polar surface area (TPSA) is 29.5 Å². The first-order valence-corrected chi connectivity index (χ1v) is 6.62. The predicted octanol–water partition coefficient (Wildman–Crippen LogP) is 3.70. The Kier molecular flexibility index (Phi) is 4.55. The monoisotopic (exact) mass is 269 g/mol. The van der Waals surface area contributed by atoms with Crippen LogP contribution in [0.15, 0.2) is 36.4 Å². The van der Waals surface area contributed by atoms with Gasteiger partial charge in [0.15, 0.2) is 0 Å². The maximum absolute atomic E-state index is 10.2. The summed E-state index contributed by atoms with van der Waals surface area (Å²) in [5.74, 6) is 0.852. The average Bonchev–Trinajstić information content (AvgIpc) is 2.31. The number of aryl methyl sites for hydroxylation is 1. The van der Waals surface area contributed by atoms with Gasteiger partial charge in [0.25, 0.3) is 0 Å². The molecule has 0 unspecified atom stereocenters. The fraction of sp³-hybridized carbons (Fsp3) is 0.412. The van der Waals surface area contributed by atoms with Crippen LogP contribution in [0.4, 0.5) is 0 Å². The molecule has 2 rings (SSSR count). The molecule has 2 aromatic carbocycles. The smallest absolute Gasteiger partial charge is 0.131 e. The van der Waals surface area contributed by atoms with Crippen molar-refractivity contribution in [1.82, 2.24) is 0 Å². The molecule has 0 saturated heterocycles. The standard InChI is InChI=1S/C17H22O2.B/c1-12-10-11-13-8-6-7-9-14(13)15(12)19-17(4,5)16(2,3)18;/h6-11,18H,1-5H3;. The van der Waals surface area contributed by atoms with Crippen LogP contribution >= 0.6 is 0 Å². The third-order valence-electron chi connectivity index (χ3n) is 3.91. The van der Waals surface area contributed by atoms with Crippen LogP contribution in [0.3, 0.4) is 0 Å². The van der Waals surface area contributed by atoms with Crippen molar-refractivity contribution in [3.63, 3.8) is 0 Å². The van der Waals surface area contributed by atoms with Gasteiger partial charge in [-0.25, -0.2) is 0 Å². The highest BCUT2D eigenvalue weighted by Crippen LogP contribution is 2.35. The molecule has 0 heterocycles. The largest absolute Gasteiger partial charge is 0.484 e. The molecule has 0 aliphatic carbocycles. The lowest BCUT2D eigenvalue weighted by atomic mass is 9.89. The molecule has 1 N–H and O–H groups in total. The van der Waals surface area contributed by atoms with Crippen LogP contribution < -0.4 is 4.74 Å². The third kappa shape index (κ3) is 2.99. The quantitative estimate of drug-likeness (QED) is 0.861. The summed E-state index contributed by atoms with van der Waals surface area (Å²) in [5, 5.41) is 12.5. The highest BCUT2D eigenvalue weighted by Gasteiger charge is 2.37. The molecule has 2 nitrogen and oxygen atoms in total. The summed E-state index contributed by atoms with van der Waals surface area (Å²) >= 11 is 0. The summed E-state index contributed by atoms with van der Waals surface area (Å²) in [7, 11) is 0. The molecule has 3 heteroatoms. The first kappa shape index (κ1) is 16.6. The second kappa shape index (κ2) is 5.49. The summed E-state index contributed by atoms with van der Waals surface area (Å²) in [4.78, 5) is 0. The summed E-state index contributed by atoms with van der Waals surface area (Å²) in [6.07, 6.45) is 0. The summed E-state index contributed by atoms with van der Waals surface area (Å²) in [6.45, 7) is 9.39. The van der Waals surface area contributed by atoms with Crippen LogP contribution in [0.25, 0.3) is 10.8 Å². The second-order valence-corrected chi connectivity index (χ2v) is 6.10. The van der Waals surface area contributed by atoms with E-state index in [1.54, 1.807) is 13.8 Å². The van der Waals surface area contributed by atoms with Crippen LogP contribution in [0, 0.1) is 6.92 Å². The number of hydrogen-bond acceptors (Lipinski definition) is 2. The van der Waals surface area contributed by atoms with E-state index in [0.717, 1.165) is 22.1 Å². The van der Waals surface area contributed by atoms with Crippen molar-refractivity contribution < 1.29 is 9.84 Å². The predicted molar refractivity (Wildman–Crippen MR) is 85.4 cm³/mol. The van der Waals surface area contributed by atoms with Gasteiger partial charge in [0.1, 0.15) is 11.4 Å². The van der Waals surface area contributed by atoms with Crippen molar-refractivity contribution in [3.8, 4) is 5.75 Å². The minimum atomic E-state index is -0.920. The Labute approximate surface area is 123 Å². The van der Waals surface area contributed by atoms with Crippen LogP contribution in [0.1, 0.15) is 33.3 Å². The van der Waals surface area contributed by atoms with E-state index in [9.17, 15) is 5.11 Å². The summed E-state index contributed by atoms with van der Waals surface area (Å²) in [5.41, 5.74) is -0.505. The number of fused-ring (bicyclic) bond motifs is 1. The van der Waals surface area contributed by atoms with Crippen molar-refractivity contribution in [1.29, 1.82) is 0 Å². The fourth-order valence-corrected chi connectivity index (χ4v) is 1.87. The molecule has 0 saturated carbocycles. The SMILES string of the molecule is Cc1ccc2ccccc2c1OC(C)(C)C(C)(C)O.[B]. The average molecular weight is 269 g/mol. The van der Waals surface area contributed by atoms with E-state index < -0.39 is 11.2 Å². The number of rotatable bonds is 3. The lowest BCUT2D eigenvalue weighted by Crippen LogP contribution is -2.49. The Balaban J connectivity index is 0.00000200. The van der Waals surface area contributed by atoms with Crippen molar-refractivity contribution in [2.75, 3.05) is 0 Å². The van der Waals surface area contributed by atoms with Crippen LogP contribution in [-0.4, -0.2) is 24.7 Å². The molecule has 105 valence electrons. The van der Waals surface area contributed by atoms with E-state index in [4.69, 9.17) is 4.74 Å². The van der Waals surface area contributed by atoms with Gasteiger partial charge in [0, 0.05) is 13.8 Å². The van der Waals surface area contributed by atoms with Gasteiger partial charge in [0.2, 0.25) is 0 Å².